The molecule has 0 bridgehead atoms. The van der Waals surface area contributed by atoms with E-state index in [0.717, 1.165) is 18.6 Å². The van der Waals surface area contributed by atoms with Gasteiger partial charge in [-0.1, -0.05) is 38.1 Å². The van der Waals surface area contributed by atoms with Crippen molar-refractivity contribution in [2.45, 2.75) is 52.4 Å². The summed E-state index contributed by atoms with van der Waals surface area (Å²) in [7, 11) is 0. The van der Waals surface area contributed by atoms with Crippen molar-refractivity contribution < 1.29 is 22.0 Å². The molecule has 0 amide bonds. The lowest BCUT2D eigenvalue weighted by molar-refractivity contribution is -0.138. The summed E-state index contributed by atoms with van der Waals surface area (Å²) in [5.74, 6) is -1.11. The Morgan fingerprint density at radius 2 is 1.85 bits per heavy atom. The molecule has 0 saturated heterocycles. The standard InChI is InChI=1S/C25H26F5N3/c1-5-6-9-18-20(12-17(26)13-22(18)27)16(4)32-23-14(2)15(3)31-24(33-23)19-10-7-8-11-21(19)25(28,29)30/h7-8,10-13,24,31H,4-6,9H2,1-3H3,(H,32,33). The van der Waals surface area contributed by atoms with Crippen LogP contribution >= 0.6 is 0 Å². The fourth-order valence-electron chi connectivity index (χ4n) is 3.71. The summed E-state index contributed by atoms with van der Waals surface area (Å²) in [6, 6.07) is 7.26. The Kier molecular flexibility index (Phi) is 7.25. The molecule has 33 heavy (non-hydrogen) atoms. The summed E-state index contributed by atoms with van der Waals surface area (Å²) < 4.78 is 69.1. The van der Waals surface area contributed by atoms with Gasteiger partial charge in [0.25, 0.3) is 0 Å². The molecule has 3 nitrogen and oxygen atoms in total. The number of aliphatic imine (C=N–C) groups is 1. The maximum absolute atomic E-state index is 14.5. The third-order valence-electron chi connectivity index (χ3n) is 5.62. The van der Waals surface area contributed by atoms with Crippen molar-refractivity contribution >= 4 is 11.5 Å². The smallest absolute Gasteiger partial charge is 0.363 e. The molecular weight excluding hydrogens is 437 g/mol. The average Bonchev–Trinajstić information content (AvgIpc) is 2.75. The maximum atomic E-state index is 14.5. The lowest BCUT2D eigenvalue weighted by Crippen LogP contribution is -2.34. The van der Waals surface area contributed by atoms with E-state index in [9.17, 15) is 22.0 Å². The van der Waals surface area contributed by atoms with Crippen LogP contribution in [0.3, 0.4) is 0 Å². The van der Waals surface area contributed by atoms with E-state index in [0.29, 0.717) is 29.7 Å². The van der Waals surface area contributed by atoms with Crippen LogP contribution in [0.2, 0.25) is 0 Å². The van der Waals surface area contributed by atoms with Gasteiger partial charge >= 0.3 is 6.18 Å². The molecular formula is C25H26F5N3. The molecule has 0 fully saturated rings. The SMILES string of the molecule is C=C(NC1=NC(c2ccccc2C(F)(F)F)NC(C)=C1C)c1cc(F)cc(F)c1CCCC. The summed E-state index contributed by atoms with van der Waals surface area (Å²) in [5.41, 5.74) is 1.30. The molecule has 0 saturated carbocycles. The molecule has 2 aromatic carbocycles. The van der Waals surface area contributed by atoms with Crippen LogP contribution in [0.5, 0.6) is 0 Å². The summed E-state index contributed by atoms with van der Waals surface area (Å²) in [6.07, 6.45) is -3.59. The number of benzene rings is 2. The Hall–Kier alpha value is -3.16. The molecule has 2 aromatic rings. The van der Waals surface area contributed by atoms with Crippen molar-refractivity contribution in [3.63, 3.8) is 0 Å². The average molecular weight is 463 g/mol. The first-order valence-corrected chi connectivity index (χ1v) is 10.7. The van der Waals surface area contributed by atoms with E-state index in [1.165, 1.54) is 24.3 Å². The van der Waals surface area contributed by atoms with Crippen LogP contribution in [0, 0.1) is 11.6 Å². The molecule has 176 valence electrons. The molecule has 1 unspecified atom stereocenters. The Balaban J connectivity index is 1.98. The molecule has 0 spiro atoms. The number of amidine groups is 1. The Labute approximate surface area is 190 Å². The van der Waals surface area contributed by atoms with Crippen LogP contribution in [0.4, 0.5) is 22.0 Å². The predicted molar refractivity (Wildman–Crippen MR) is 120 cm³/mol. The highest BCUT2D eigenvalue weighted by molar-refractivity contribution is 6.03. The molecule has 0 radical (unpaired) electrons. The van der Waals surface area contributed by atoms with Crippen molar-refractivity contribution in [3.8, 4) is 0 Å². The predicted octanol–water partition coefficient (Wildman–Crippen LogP) is 6.88. The van der Waals surface area contributed by atoms with Gasteiger partial charge in [0.05, 0.1) is 5.56 Å². The third kappa shape index (κ3) is 5.43. The second-order valence-corrected chi connectivity index (χ2v) is 7.98. The van der Waals surface area contributed by atoms with Gasteiger partial charge in [0.1, 0.15) is 23.6 Å². The van der Waals surface area contributed by atoms with Crippen LogP contribution in [0.25, 0.3) is 5.70 Å². The van der Waals surface area contributed by atoms with Crippen LogP contribution in [0.15, 0.2) is 59.2 Å². The van der Waals surface area contributed by atoms with Gasteiger partial charge in [-0.3, -0.25) is 0 Å². The van der Waals surface area contributed by atoms with Gasteiger partial charge in [-0.2, -0.15) is 13.2 Å². The monoisotopic (exact) mass is 463 g/mol. The molecule has 2 N–H and O–H groups in total. The van der Waals surface area contributed by atoms with Crippen molar-refractivity contribution in [1.29, 1.82) is 0 Å². The van der Waals surface area contributed by atoms with E-state index in [1.807, 2.05) is 6.92 Å². The Morgan fingerprint density at radius 1 is 1.15 bits per heavy atom. The zero-order chi connectivity index (χ0) is 24.3. The van der Waals surface area contributed by atoms with Crippen molar-refractivity contribution in [3.05, 3.63) is 88.1 Å². The number of nitrogens with one attached hydrogen (secondary N) is 2. The number of alkyl halides is 3. The quantitative estimate of drug-likeness (QED) is 0.458. The summed E-state index contributed by atoms with van der Waals surface area (Å²) in [6.45, 7) is 9.38. The number of halogens is 5. The highest BCUT2D eigenvalue weighted by atomic mass is 19.4. The Bertz CT molecular complexity index is 1120. The highest BCUT2D eigenvalue weighted by Gasteiger charge is 2.36. The van der Waals surface area contributed by atoms with Gasteiger partial charge in [-0.15, -0.1) is 0 Å². The number of rotatable bonds is 6. The topological polar surface area (TPSA) is 36.4 Å². The molecule has 1 aliphatic rings. The lowest BCUT2D eigenvalue weighted by Gasteiger charge is -2.28. The fourth-order valence-corrected chi connectivity index (χ4v) is 3.71. The van der Waals surface area contributed by atoms with Crippen molar-refractivity contribution in [2.24, 2.45) is 4.99 Å². The number of nitrogens with zero attached hydrogens (tertiary/aromatic N) is 1. The van der Waals surface area contributed by atoms with Crippen LogP contribution in [-0.2, 0) is 12.6 Å². The normalized spacial score (nSPS) is 16.4. The number of unbranched alkanes of at least 4 members (excludes halogenated alkanes) is 1. The first-order valence-electron chi connectivity index (χ1n) is 10.7. The first kappa shape index (κ1) is 24.5. The minimum Gasteiger partial charge on any atom is -0.363 e. The number of allylic oxidation sites excluding steroid dienone is 1. The van der Waals surface area contributed by atoms with Crippen LogP contribution in [-0.4, -0.2) is 5.84 Å². The summed E-state index contributed by atoms with van der Waals surface area (Å²) in [5, 5.41) is 5.99. The van der Waals surface area contributed by atoms with E-state index < -0.39 is 29.5 Å². The zero-order valence-corrected chi connectivity index (χ0v) is 18.7. The number of hydrogen-bond donors (Lipinski definition) is 2. The van der Waals surface area contributed by atoms with Crippen LogP contribution < -0.4 is 10.6 Å². The fraction of sp³-hybridized carbons (Fsp3) is 0.320. The van der Waals surface area contributed by atoms with E-state index >= 15 is 0 Å². The molecule has 0 aromatic heterocycles. The van der Waals surface area contributed by atoms with Gasteiger partial charge in [0, 0.05) is 34.2 Å². The van der Waals surface area contributed by atoms with E-state index in [1.54, 1.807) is 13.8 Å². The van der Waals surface area contributed by atoms with Crippen molar-refractivity contribution in [1.82, 2.24) is 10.6 Å². The van der Waals surface area contributed by atoms with Crippen molar-refractivity contribution in [2.75, 3.05) is 0 Å². The molecule has 1 atom stereocenters. The number of hydrogen-bond acceptors (Lipinski definition) is 3. The third-order valence-corrected chi connectivity index (χ3v) is 5.62. The molecule has 1 aliphatic heterocycles. The first-order chi connectivity index (χ1) is 15.5. The van der Waals surface area contributed by atoms with E-state index in [2.05, 4.69) is 22.2 Å². The minimum atomic E-state index is -4.54. The van der Waals surface area contributed by atoms with Crippen LogP contribution in [0.1, 0.15) is 62.0 Å². The second-order valence-electron chi connectivity index (χ2n) is 7.98. The lowest BCUT2D eigenvalue weighted by atomic mass is 9.98. The zero-order valence-electron chi connectivity index (χ0n) is 18.7. The maximum Gasteiger partial charge on any atom is 0.416 e. The van der Waals surface area contributed by atoms with Gasteiger partial charge in [-0.05, 0) is 44.4 Å². The minimum absolute atomic E-state index is 0.0257. The molecule has 0 aliphatic carbocycles. The summed E-state index contributed by atoms with van der Waals surface area (Å²) in [4.78, 5) is 4.45. The van der Waals surface area contributed by atoms with Gasteiger partial charge < -0.3 is 10.6 Å². The second kappa shape index (κ2) is 9.77. The van der Waals surface area contributed by atoms with Gasteiger partial charge in [0.2, 0.25) is 0 Å². The molecule has 8 heteroatoms. The molecule has 1 heterocycles. The largest absolute Gasteiger partial charge is 0.416 e. The molecule has 3 rings (SSSR count). The summed E-state index contributed by atoms with van der Waals surface area (Å²) >= 11 is 0. The van der Waals surface area contributed by atoms with Gasteiger partial charge in [0.15, 0.2) is 0 Å². The van der Waals surface area contributed by atoms with E-state index in [4.69, 9.17) is 0 Å². The Morgan fingerprint density at radius 3 is 2.52 bits per heavy atom. The van der Waals surface area contributed by atoms with Gasteiger partial charge in [-0.25, -0.2) is 13.8 Å². The van der Waals surface area contributed by atoms with E-state index in [-0.39, 0.29) is 22.7 Å². The highest BCUT2D eigenvalue weighted by Crippen LogP contribution is 2.36.